The average Bonchev–Trinajstić information content (AvgIpc) is 2.29. The molecule has 0 heterocycles. The molecule has 3 nitrogen and oxygen atoms in total. The van der Waals surface area contributed by atoms with Gasteiger partial charge in [-0.1, -0.05) is 37.3 Å². The molecular formula is C13H20ClNO2. The molecule has 0 spiro atoms. The van der Waals surface area contributed by atoms with E-state index in [1.165, 1.54) is 0 Å². The molecule has 0 aliphatic carbocycles. The molecule has 0 aromatic heterocycles. The standard InChI is InChI=1S/C13H19NO2.ClH/c1-3-11(13(14)15)12(9-16-2)10-7-5-4-6-8-10;/h4-8,11-12H,3,9H2,1-2H3,(H2,14,15);1H/t11?,12-;/m1./s1. The fraction of sp³-hybridized carbons (Fsp3) is 0.462. The minimum absolute atomic E-state index is 0. The van der Waals surface area contributed by atoms with Gasteiger partial charge in [-0.25, -0.2) is 0 Å². The van der Waals surface area contributed by atoms with Crippen LogP contribution < -0.4 is 5.73 Å². The van der Waals surface area contributed by atoms with Gasteiger partial charge in [0.1, 0.15) is 0 Å². The highest BCUT2D eigenvalue weighted by atomic mass is 35.5. The maximum atomic E-state index is 11.4. The molecule has 1 unspecified atom stereocenters. The minimum Gasteiger partial charge on any atom is -0.384 e. The van der Waals surface area contributed by atoms with Crippen molar-refractivity contribution in [1.29, 1.82) is 0 Å². The van der Waals surface area contributed by atoms with Crippen LogP contribution in [-0.2, 0) is 9.53 Å². The van der Waals surface area contributed by atoms with E-state index in [-0.39, 0.29) is 30.2 Å². The molecule has 0 bridgehead atoms. The molecule has 1 aromatic rings. The first kappa shape index (κ1) is 15.9. The lowest BCUT2D eigenvalue weighted by Gasteiger charge is -2.23. The van der Waals surface area contributed by atoms with Crippen molar-refractivity contribution in [3.8, 4) is 0 Å². The number of nitrogens with two attached hydrogens (primary N) is 1. The third-order valence-electron chi connectivity index (χ3n) is 2.86. The van der Waals surface area contributed by atoms with Gasteiger partial charge in [-0.05, 0) is 12.0 Å². The number of hydrogen-bond donors (Lipinski definition) is 1. The van der Waals surface area contributed by atoms with Crippen LogP contribution in [0.3, 0.4) is 0 Å². The number of methoxy groups -OCH3 is 1. The van der Waals surface area contributed by atoms with Crippen molar-refractivity contribution in [2.45, 2.75) is 19.3 Å². The van der Waals surface area contributed by atoms with Crippen LogP contribution in [0.25, 0.3) is 0 Å². The van der Waals surface area contributed by atoms with Crippen LogP contribution >= 0.6 is 12.4 Å². The van der Waals surface area contributed by atoms with Crippen LogP contribution in [-0.4, -0.2) is 19.6 Å². The van der Waals surface area contributed by atoms with Gasteiger partial charge in [-0.15, -0.1) is 12.4 Å². The Morgan fingerprint density at radius 2 is 1.94 bits per heavy atom. The summed E-state index contributed by atoms with van der Waals surface area (Å²) >= 11 is 0. The van der Waals surface area contributed by atoms with Crippen LogP contribution in [0.2, 0.25) is 0 Å². The largest absolute Gasteiger partial charge is 0.384 e. The molecule has 2 atom stereocenters. The predicted molar refractivity (Wildman–Crippen MR) is 71.3 cm³/mol. The third-order valence-corrected chi connectivity index (χ3v) is 2.86. The Kier molecular flexibility index (Phi) is 7.59. The van der Waals surface area contributed by atoms with Crippen molar-refractivity contribution in [1.82, 2.24) is 0 Å². The molecule has 96 valence electrons. The molecule has 17 heavy (non-hydrogen) atoms. The summed E-state index contributed by atoms with van der Waals surface area (Å²) in [5.74, 6) is -0.371. The van der Waals surface area contributed by atoms with Crippen LogP contribution in [0.1, 0.15) is 24.8 Å². The first-order valence-corrected chi connectivity index (χ1v) is 5.53. The minimum atomic E-state index is -0.256. The van der Waals surface area contributed by atoms with E-state index < -0.39 is 0 Å². The van der Waals surface area contributed by atoms with E-state index in [9.17, 15) is 4.79 Å². The monoisotopic (exact) mass is 257 g/mol. The van der Waals surface area contributed by atoms with Crippen LogP contribution in [0.4, 0.5) is 0 Å². The van der Waals surface area contributed by atoms with E-state index in [2.05, 4.69) is 0 Å². The Labute approximate surface area is 109 Å². The molecule has 1 aromatic carbocycles. The van der Waals surface area contributed by atoms with Gasteiger partial charge in [0.05, 0.1) is 6.61 Å². The molecule has 2 N–H and O–H groups in total. The smallest absolute Gasteiger partial charge is 0.221 e. The summed E-state index contributed by atoms with van der Waals surface area (Å²) in [5, 5.41) is 0. The summed E-state index contributed by atoms with van der Waals surface area (Å²) in [6.45, 7) is 2.49. The number of carbonyl (C=O) groups is 1. The second-order valence-corrected chi connectivity index (χ2v) is 3.89. The van der Waals surface area contributed by atoms with E-state index in [1.54, 1.807) is 7.11 Å². The van der Waals surface area contributed by atoms with Gasteiger partial charge >= 0.3 is 0 Å². The van der Waals surface area contributed by atoms with E-state index in [1.807, 2.05) is 37.3 Å². The normalized spacial score (nSPS) is 13.5. The van der Waals surface area contributed by atoms with Gasteiger partial charge in [0.15, 0.2) is 0 Å². The lowest BCUT2D eigenvalue weighted by atomic mass is 9.84. The van der Waals surface area contributed by atoms with E-state index in [0.717, 1.165) is 12.0 Å². The molecule has 1 rings (SSSR count). The van der Waals surface area contributed by atoms with Crippen molar-refractivity contribution in [3.05, 3.63) is 35.9 Å². The Morgan fingerprint density at radius 3 is 2.35 bits per heavy atom. The van der Waals surface area contributed by atoms with E-state index in [4.69, 9.17) is 10.5 Å². The summed E-state index contributed by atoms with van der Waals surface area (Å²) in [6, 6.07) is 9.90. The Bertz CT molecular complexity index is 329. The second kappa shape index (κ2) is 8.09. The number of benzene rings is 1. The van der Waals surface area contributed by atoms with Gasteiger partial charge in [-0.3, -0.25) is 4.79 Å². The molecular weight excluding hydrogens is 238 g/mol. The van der Waals surface area contributed by atoms with Gasteiger partial charge in [-0.2, -0.15) is 0 Å². The van der Waals surface area contributed by atoms with Crippen LogP contribution in [0.5, 0.6) is 0 Å². The molecule has 0 radical (unpaired) electrons. The number of rotatable bonds is 6. The van der Waals surface area contributed by atoms with E-state index >= 15 is 0 Å². The first-order valence-electron chi connectivity index (χ1n) is 5.53. The number of halogens is 1. The second-order valence-electron chi connectivity index (χ2n) is 3.89. The molecule has 0 saturated carbocycles. The summed E-state index contributed by atoms with van der Waals surface area (Å²) in [5.41, 5.74) is 6.53. The van der Waals surface area contributed by atoms with Gasteiger partial charge in [0.25, 0.3) is 0 Å². The highest BCUT2D eigenvalue weighted by Gasteiger charge is 2.26. The number of primary amides is 1. The Morgan fingerprint density at radius 1 is 1.35 bits per heavy atom. The van der Waals surface area contributed by atoms with Crippen molar-refractivity contribution < 1.29 is 9.53 Å². The maximum absolute atomic E-state index is 11.4. The zero-order valence-corrected chi connectivity index (χ0v) is 11.1. The molecule has 0 fully saturated rings. The van der Waals surface area contributed by atoms with Crippen molar-refractivity contribution >= 4 is 18.3 Å². The maximum Gasteiger partial charge on any atom is 0.221 e. The van der Waals surface area contributed by atoms with Gasteiger partial charge in [0.2, 0.25) is 5.91 Å². The number of carbonyl (C=O) groups excluding carboxylic acids is 1. The highest BCUT2D eigenvalue weighted by Crippen LogP contribution is 2.27. The molecule has 1 amide bonds. The zero-order valence-electron chi connectivity index (χ0n) is 10.3. The van der Waals surface area contributed by atoms with Gasteiger partial charge < -0.3 is 10.5 Å². The van der Waals surface area contributed by atoms with Crippen molar-refractivity contribution in [3.63, 3.8) is 0 Å². The third kappa shape index (κ3) is 4.36. The first-order chi connectivity index (χ1) is 7.70. The number of hydrogen-bond acceptors (Lipinski definition) is 2. The fourth-order valence-electron chi connectivity index (χ4n) is 2.01. The lowest BCUT2D eigenvalue weighted by molar-refractivity contribution is -0.123. The van der Waals surface area contributed by atoms with Crippen LogP contribution in [0, 0.1) is 5.92 Å². The quantitative estimate of drug-likeness (QED) is 0.851. The topological polar surface area (TPSA) is 52.3 Å². The van der Waals surface area contributed by atoms with Crippen LogP contribution in [0.15, 0.2) is 30.3 Å². The summed E-state index contributed by atoms with van der Waals surface area (Å²) in [6.07, 6.45) is 0.734. The Hall–Kier alpha value is -1.06. The SMILES string of the molecule is CCC(C(N)=O)[C@H](COC)c1ccccc1.Cl. The number of ether oxygens (including phenoxy) is 1. The summed E-state index contributed by atoms with van der Waals surface area (Å²) in [4.78, 5) is 11.4. The average molecular weight is 258 g/mol. The molecule has 0 saturated heterocycles. The lowest BCUT2D eigenvalue weighted by Crippen LogP contribution is -2.30. The fourth-order valence-corrected chi connectivity index (χ4v) is 2.01. The summed E-state index contributed by atoms with van der Waals surface area (Å²) in [7, 11) is 1.64. The predicted octanol–water partition coefficient (Wildman–Crippen LogP) is 2.35. The molecule has 4 heteroatoms. The Balaban J connectivity index is 0.00000256. The summed E-state index contributed by atoms with van der Waals surface area (Å²) < 4.78 is 5.18. The molecule has 0 aliphatic rings. The highest BCUT2D eigenvalue weighted by molar-refractivity contribution is 5.85. The number of amides is 1. The van der Waals surface area contributed by atoms with E-state index in [0.29, 0.717) is 6.61 Å². The van der Waals surface area contributed by atoms with Crippen molar-refractivity contribution in [2.24, 2.45) is 11.7 Å². The zero-order chi connectivity index (χ0) is 12.0. The van der Waals surface area contributed by atoms with Gasteiger partial charge in [0, 0.05) is 18.9 Å². The van der Waals surface area contributed by atoms with Crippen molar-refractivity contribution in [2.75, 3.05) is 13.7 Å². The molecule has 0 aliphatic heterocycles.